The van der Waals surface area contributed by atoms with Crippen molar-refractivity contribution in [2.75, 3.05) is 0 Å². The molecule has 0 nitrogen and oxygen atoms in total. The molecule has 0 saturated carbocycles. The maximum absolute atomic E-state index is 13.2. The lowest BCUT2D eigenvalue weighted by molar-refractivity contribution is 0.610. The fourth-order valence-electron chi connectivity index (χ4n) is 0.984. The van der Waals surface area contributed by atoms with Gasteiger partial charge in [-0.3, -0.25) is 0 Å². The predicted molar refractivity (Wildman–Crippen MR) is 56.2 cm³/mol. The van der Waals surface area contributed by atoms with Crippen molar-refractivity contribution in [3.8, 4) is 0 Å². The molecular weight excluding hydrogens is 287 g/mol. The molecule has 0 fully saturated rings. The molecule has 1 aromatic carbocycles. The van der Waals surface area contributed by atoms with Crippen LogP contribution in [0.5, 0.6) is 0 Å². The van der Waals surface area contributed by atoms with Gasteiger partial charge in [0.15, 0.2) is 0 Å². The van der Waals surface area contributed by atoms with Gasteiger partial charge in [0.1, 0.15) is 5.82 Å². The first-order valence-corrected chi connectivity index (χ1v) is 5.33. The Morgan fingerprint density at radius 2 is 2.00 bits per heavy atom. The molecule has 0 N–H and O–H groups in total. The van der Waals surface area contributed by atoms with Crippen molar-refractivity contribution in [2.24, 2.45) is 0 Å². The van der Waals surface area contributed by atoms with Crippen LogP contribution in [0.1, 0.15) is 22.9 Å². The van der Waals surface area contributed by atoms with E-state index in [1.54, 1.807) is 0 Å². The summed E-state index contributed by atoms with van der Waals surface area (Å²) in [5, 5.41) is 0. The van der Waals surface area contributed by atoms with E-state index in [1.807, 2.05) is 19.9 Å². The second-order valence-corrected chi connectivity index (χ2v) is 4.97. The highest BCUT2D eigenvalue weighted by Gasteiger charge is 2.09. The molecular formula is C9H9Br2F. The van der Waals surface area contributed by atoms with Gasteiger partial charge in [-0.1, -0.05) is 37.9 Å². The Labute approximate surface area is 88.4 Å². The lowest BCUT2D eigenvalue weighted by atomic mass is 10.1. The predicted octanol–water partition coefficient (Wildman–Crippen LogP) is 4.35. The van der Waals surface area contributed by atoms with Gasteiger partial charge in [0, 0.05) is 14.9 Å². The Hall–Kier alpha value is 0.110. The molecule has 1 aromatic rings. The summed E-state index contributed by atoms with van der Waals surface area (Å²) in [4.78, 5) is 0.0595. The largest absolute Gasteiger partial charge is 0.207 e. The number of aryl methyl sites for hydroxylation is 1. The third kappa shape index (κ3) is 2.07. The highest BCUT2D eigenvalue weighted by atomic mass is 79.9. The van der Waals surface area contributed by atoms with Gasteiger partial charge in [-0.15, -0.1) is 0 Å². The molecule has 0 bridgehead atoms. The summed E-state index contributed by atoms with van der Waals surface area (Å²) >= 11 is 6.61. The fraction of sp³-hybridized carbons (Fsp3) is 0.333. The standard InChI is InChI=1S/C9H9Br2F/c1-5-3-7(6(2)10)9(12)4-8(5)11/h3-4,6H,1-2H3. The zero-order valence-corrected chi connectivity index (χ0v) is 10.0. The minimum Gasteiger partial charge on any atom is -0.207 e. The average Bonchev–Trinajstić information content (AvgIpc) is 1.96. The van der Waals surface area contributed by atoms with E-state index < -0.39 is 0 Å². The van der Waals surface area contributed by atoms with Crippen molar-refractivity contribution >= 4 is 31.9 Å². The van der Waals surface area contributed by atoms with Gasteiger partial charge in [-0.2, -0.15) is 0 Å². The Morgan fingerprint density at radius 1 is 1.42 bits per heavy atom. The maximum atomic E-state index is 13.2. The molecule has 1 atom stereocenters. The Morgan fingerprint density at radius 3 is 2.50 bits per heavy atom. The molecule has 0 heterocycles. The Kier molecular flexibility index (Phi) is 3.29. The van der Waals surface area contributed by atoms with Crippen LogP contribution in [0.15, 0.2) is 16.6 Å². The van der Waals surface area contributed by atoms with E-state index in [4.69, 9.17) is 0 Å². The first kappa shape index (κ1) is 10.2. The van der Waals surface area contributed by atoms with E-state index >= 15 is 0 Å². The number of benzene rings is 1. The van der Waals surface area contributed by atoms with Crippen LogP contribution in [0.2, 0.25) is 0 Å². The van der Waals surface area contributed by atoms with E-state index in [9.17, 15) is 4.39 Å². The molecule has 0 aliphatic carbocycles. The van der Waals surface area contributed by atoms with E-state index in [-0.39, 0.29) is 10.6 Å². The maximum Gasteiger partial charge on any atom is 0.128 e. The first-order chi connectivity index (χ1) is 5.52. The lowest BCUT2D eigenvalue weighted by Gasteiger charge is -2.07. The van der Waals surface area contributed by atoms with Crippen molar-refractivity contribution in [1.29, 1.82) is 0 Å². The summed E-state index contributed by atoms with van der Waals surface area (Å²) in [6.07, 6.45) is 0. The van der Waals surface area contributed by atoms with Crippen LogP contribution in [-0.4, -0.2) is 0 Å². The number of hydrogen-bond acceptors (Lipinski definition) is 0. The minimum absolute atomic E-state index is 0.0595. The normalized spacial score (nSPS) is 13.1. The van der Waals surface area contributed by atoms with Crippen LogP contribution in [0.4, 0.5) is 4.39 Å². The van der Waals surface area contributed by atoms with Crippen LogP contribution in [0.25, 0.3) is 0 Å². The minimum atomic E-state index is -0.170. The topological polar surface area (TPSA) is 0 Å². The smallest absolute Gasteiger partial charge is 0.128 e. The van der Waals surface area contributed by atoms with Crippen LogP contribution >= 0.6 is 31.9 Å². The summed E-state index contributed by atoms with van der Waals surface area (Å²) < 4.78 is 14.0. The van der Waals surface area contributed by atoms with Crippen LogP contribution in [-0.2, 0) is 0 Å². The molecule has 3 heteroatoms. The number of rotatable bonds is 1. The number of hydrogen-bond donors (Lipinski definition) is 0. The van der Waals surface area contributed by atoms with E-state index in [1.165, 1.54) is 6.07 Å². The SMILES string of the molecule is Cc1cc(C(C)Br)c(F)cc1Br. The third-order valence-electron chi connectivity index (χ3n) is 1.71. The summed E-state index contributed by atoms with van der Waals surface area (Å²) in [7, 11) is 0. The van der Waals surface area contributed by atoms with E-state index in [2.05, 4.69) is 31.9 Å². The fourth-order valence-corrected chi connectivity index (χ4v) is 1.65. The molecule has 12 heavy (non-hydrogen) atoms. The van der Waals surface area contributed by atoms with Gasteiger partial charge >= 0.3 is 0 Å². The third-order valence-corrected chi connectivity index (χ3v) is 3.05. The van der Waals surface area contributed by atoms with Crippen molar-refractivity contribution in [3.05, 3.63) is 33.5 Å². The summed E-state index contributed by atoms with van der Waals surface area (Å²) in [6, 6.07) is 3.35. The molecule has 0 saturated heterocycles. The highest BCUT2D eigenvalue weighted by Crippen LogP contribution is 2.28. The number of alkyl halides is 1. The molecule has 0 spiro atoms. The van der Waals surface area contributed by atoms with Crippen LogP contribution in [0, 0.1) is 12.7 Å². The zero-order valence-electron chi connectivity index (χ0n) is 6.87. The highest BCUT2D eigenvalue weighted by molar-refractivity contribution is 9.10. The van der Waals surface area contributed by atoms with Gasteiger partial charge in [-0.05, 0) is 25.5 Å². The molecule has 1 rings (SSSR count). The molecule has 1 unspecified atom stereocenters. The van der Waals surface area contributed by atoms with Crippen molar-refractivity contribution in [1.82, 2.24) is 0 Å². The second-order valence-electron chi connectivity index (χ2n) is 2.74. The molecule has 0 aromatic heterocycles. The number of halogens is 3. The van der Waals surface area contributed by atoms with Crippen molar-refractivity contribution in [2.45, 2.75) is 18.7 Å². The van der Waals surface area contributed by atoms with E-state index in [0.29, 0.717) is 5.56 Å². The molecule has 0 aliphatic heterocycles. The van der Waals surface area contributed by atoms with Gasteiger partial charge in [0.25, 0.3) is 0 Å². The first-order valence-electron chi connectivity index (χ1n) is 3.62. The van der Waals surface area contributed by atoms with Crippen LogP contribution in [0.3, 0.4) is 0 Å². The second kappa shape index (κ2) is 3.88. The Bertz CT molecular complexity index is 295. The Balaban J connectivity index is 3.23. The monoisotopic (exact) mass is 294 g/mol. The van der Waals surface area contributed by atoms with Gasteiger partial charge < -0.3 is 0 Å². The average molecular weight is 296 g/mol. The zero-order chi connectivity index (χ0) is 9.30. The molecule has 66 valence electrons. The van der Waals surface area contributed by atoms with Gasteiger partial charge in [-0.25, -0.2) is 4.39 Å². The summed E-state index contributed by atoms with van der Waals surface area (Å²) in [6.45, 7) is 3.86. The van der Waals surface area contributed by atoms with Crippen molar-refractivity contribution in [3.63, 3.8) is 0 Å². The van der Waals surface area contributed by atoms with Gasteiger partial charge in [0.2, 0.25) is 0 Å². The molecule has 0 amide bonds. The summed E-state index contributed by atoms with van der Waals surface area (Å²) in [5.41, 5.74) is 1.76. The van der Waals surface area contributed by atoms with E-state index in [0.717, 1.165) is 10.0 Å². The quantitative estimate of drug-likeness (QED) is 0.676. The van der Waals surface area contributed by atoms with Crippen LogP contribution < -0.4 is 0 Å². The van der Waals surface area contributed by atoms with Crippen molar-refractivity contribution < 1.29 is 4.39 Å². The lowest BCUT2D eigenvalue weighted by Crippen LogP contribution is -1.92. The molecule has 0 radical (unpaired) electrons. The molecule has 0 aliphatic rings. The summed E-state index contributed by atoms with van der Waals surface area (Å²) in [5.74, 6) is -0.170. The van der Waals surface area contributed by atoms with Gasteiger partial charge in [0.05, 0.1) is 0 Å².